The van der Waals surface area contributed by atoms with E-state index in [9.17, 15) is 19.7 Å². The molecule has 0 bridgehead atoms. The summed E-state index contributed by atoms with van der Waals surface area (Å²) < 4.78 is 5.15. The molecule has 1 unspecified atom stereocenters. The zero-order valence-electron chi connectivity index (χ0n) is 15.6. The van der Waals surface area contributed by atoms with Crippen LogP contribution in [0.15, 0.2) is 53.9 Å². The Bertz CT molecular complexity index is 1150. The van der Waals surface area contributed by atoms with Gasteiger partial charge in [-0.3, -0.25) is 20.2 Å². The zero-order chi connectivity index (χ0) is 21.7. The number of nitro groups is 1. The van der Waals surface area contributed by atoms with Gasteiger partial charge in [-0.25, -0.2) is 9.78 Å². The second kappa shape index (κ2) is 8.93. The molecule has 1 aromatic heterocycles. The van der Waals surface area contributed by atoms with Crippen LogP contribution in [0.1, 0.15) is 22.8 Å². The predicted octanol–water partition coefficient (Wildman–Crippen LogP) is 3.77. The average Bonchev–Trinajstić information content (AvgIpc) is 3.22. The van der Waals surface area contributed by atoms with Crippen molar-refractivity contribution in [1.29, 1.82) is 5.26 Å². The first-order valence-electron chi connectivity index (χ1n) is 8.59. The highest BCUT2D eigenvalue weighted by molar-refractivity contribution is 7.14. The molecule has 30 heavy (non-hydrogen) atoms. The lowest BCUT2D eigenvalue weighted by molar-refractivity contribution is -0.384. The van der Waals surface area contributed by atoms with Gasteiger partial charge in [-0.2, -0.15) is 5.26 Å². The number of esters is 1. The van der Waals surface area contributed by atoms with Gasteiger partial charge in [-0.15, -0.1) is 11.3 Å². The number of amides is 1. The van der Waals surface area contributed by atoms with Gasteiger partial charge in [0.25, 0.3) is 11.6 Å². The SMILES string of the molecule is CC(OC(=O)c1ccc(C#N)cc1)C(=O)Nc1nc(-c2cccc([N+](=O)[O-])c2)cs1. The summed E-state index contributed by atoms with van der Waals surface area (Å²) in [4.78, 5) is 39.1. The Balaban J connectivity index is 1.63. The average molecular weight is 422 g/mol. The number of anilines is 1. The van der Waals surface area contributed by atoms with Crippen molar-refractivity contribution in [3.63, 3.8) is 0 Å². The molecule has 3 aromatic rings. The number of nitro benzene ring substituents is 1. The monoisotopic (exact) mass is 422 g/mol. The van der Waals surface area contributed by atoms with Gasteiger partial charge in [0.2, 0.25) is 0 Å². The molecule has 0 radical (unpaired) electrons. The van der Waals surface area contributed by atoms with E-state index in [0.717, 1.165) is 11.3 Å². The first-order chi connectivity index (χ1) is 14.4. The third kappa shape index (κ3) is 4.84. The molecule has 2 aromatic carbocycles. The maximum Gasteiger partial charge on any atom is 0.338 e. The number of non-ortho nitro benzene ring substituents is 1. The minimum absolute atomic E-state index is 0.0607. The first-order valence-corrected chi connectivity index (χ1v) is 9.47. The number of nitrogens with one attached hydrogen (secondary N) is 1. The van der Waals surface area contributed by atoms with Crippen molar-refractivity contribution in [2.45, 2.75) is 13.0 Å². The van der Waals surface area contributed by atoms with Gasteiger partial charge >= 0.3 is 5.97 Å². The van der Waals surface area contributed by atoms with E-state index in [1.807, 2.05) is 6.07 Å². The van der Waals surface area contributed by atoms with Crippen molar-refractivity contribution in [3.05, 3.63) is 75.2 Å². The van der Waals surface area contributed by atoms with Gasteiger partial charge in [0, 0.05) is 23.1 Å². The van der Waals surface area contributed by atoms with Gasteiger partial charge < -0.3 is 4.74 Å². The van der Waals surface area contributed by atoms with E-state index < -0.39 is 22.9 Å². The fourth-order valence-corrected chi connectivity index (χ4v) is 3.14. The van der Waals surface area contributed by atoms with Crippen LogP contribution in [0.3, 0.4) is 0 Å². The van der Waals surface area contributed by atoms with Crippen molar-refractivity contribution in [3.8, 4) is 17.3 Å². The quantitative estimate of drug-likeness (QED) is 0.363. The van der Waals surface area contributed by atoms with Crippen molar-refractivity contribution < 1.29 is 19.2 Å². The molecule has 9 nitrogen and oxygen atoms in total. The molecule has 1 amide bonds. The van der Waals surface area contributed by atoms with Crippen molar-refractivity contribution in [2.24, 2.45) is 0 Å². The van der Waals surface area contributed by atoms with Gasteiger partial charge in [-0.05, 0) is 31.2 Å². The Morgan fingerprint density at radius 2 is 2.00 bits per heavy atom. The summed E-state index contributed by atoms with van der Waals surface area (Å²) in [6, 6.07) is 13.8. The molecule has 3 rings (SSSR count). The number of carbonyl (C=O) groups is 2. The second-order valence-corrected chi connectivity index (χ2v) is 6.93. The highest BCUT2D eigenvalue weighted by atomic mass is 32.1. The summed E-state index contributed by atoms with van der Waals surface area (Å²) in [6.07, 6.45) is -1.08. The molecule has 1 heterocycles. The van der Waals surface area contributed by atoms with Gasteiger partial charge in [0.05, 0.1) is 27.8 Å². The van der Waals surface area contributed by atoms with Crippen molar-refractivity contribution in [2.75, 3.05) is 5.32 Å². The predicted molar refractivity (Wildman–Crippen MR) is 109 cm³/mol. The highest BCUT2D eigenvalue weighted by Crippen LogP contribution is 2.27. The summed E-state index contributed by atoms with van der Waals surface area (Å²) in [5.74, 6) is -1.27. The third-order valence-electron chi connectivity index (χ3n) is 3.99. The minimum atomic E-state index is -1.08. The van der Waals surface area contributed by atoms with Gasteiger partial charge in [0.1, 0.15) is 0 Å². The molecule has 0 saturated carbocycles. The van der Waals surface area contributed by atoms with Crippen LogP contribution in [-0.4, -0.2) is 27.9 Å². The molecule has 10 heteroatoms. The van der Waals surface area contributed by atoms with Crippen LogP contribution in [0, 0.1) is 21.4 Å². The van der Waals surface area contributed by atoms with Crippen molar-refractivity contribution in [1.82, 2.24) is 4.98 Å². The second-order valence-electron chi connectivity index (χ2n) is 6.07. The smallest absolute Gasteiger partial charge is 0.338 e. The Kier molecular flexibility index (Phi) is 6.14. The molecule has 0 fully saturated rings. The molecule has 1 atom stereocenters. The number of thiazole rings is 1. The molecular weight excluding hydrogens is 408 g/mol. The van der Waals surface area contributed by atoms with Gasteiger partial charge in [-0.1, -0.05) is 12.1 Å². The van der Waals surface area contributed by atoms with Crippen LogP contribution in [-0.2, 0) is 9.53 Å². The van der Waals surface area contributed by atoms with E-state index in [1.54, 1.807) is 17.5 Å². The van der Waals surface area contributed by atoms with Crippen LogP contribution < -0.4 is 5.32 Å². The van der Waals surface area contributed by atoms with E-state index in [-0.39, 0.29) is 16.4 Å². The Morgan fingerprint density at radius 3 is 2.67 bits per heavy atom. The first kappa shape index (κ1) is 20.6. The number of ether oxygens (including phenoxy) is 1. The maximum atomic E-state index is 12.3. The molecule has 1 N–H and O–H groups in total. The van der Waals surface area contributed by atoms with Crippen molar-refractivity contribution >= 4 is 34.0 Å². The molecule has 0 spiro atoms. The summed E-state index contributed by atoms with van der Waals surface area (Å²) in [5, 5.41) is 24.2. The largest absolute Gasteiger partial charge is 0.449 e. The summed E-state index contributed by atoms with van der Waals surface area (Å²) in [7, 11) is 0. The van der Waals surface area contributed by atoms with Crippen LogP contribution in [0.2, 0.25) is 0 Å². The van der Waals surface area contributed by atoms with E-state index in [1.165, 1.54) is 43.3 Å². The molecule has 150 valence electrons. The van der Waals surface area contributed by atoms with Crippen LogP contribution in [0.5, 0.6) is 0 Å². The Morgan fingerprint density at radius 1 is 1.27 bits per heavy atom. The molecule has 0 saturated heterocycles. The van der Waals surface area contributed by atoms with E-state index in [4.69, 9.17) is 10.00 Å². The number of carbonyl (C=O) groups excluding carboxylic acids is 2. The standard InChI is InChI=1S/C20H14N4O5S/c1-12(29-19(26)14-7-5-13(10-21)6-8-14)18(25)23-20-22-17(11-30-20)15-3-2-4-16(9-15)24(27)28/h2-9,11-12H,1H3,(H,22,23,25). The number of hydrogen-bond donors (Lipinski definition) is 1. The topological polar surface area (TPSA) is 135 Å². The summed E-state index contributed by atoms with van der Waals surface area (Å²) in [6.45, 7) is 1.42. The molecule has 0 aliphatic carbocycles. The maximum absolute atomic E-state index is 12.3. The lowest BCUT2D eigenvalue weighted by Gasteiger charge is -2.12. The number of benzene rings is 2. The number of nitriles is 1. The minimum Gasteiger partial charge on any atom is -0.449 e. The summed E-state index contributed by atoms with van der Waals surface area (Å²) in [5.41, 5.74) is 1.58. The van der Waals surface area contributed by atoms with E-state index >= 15 is 0 Å². The van der Waals surface area contributed by atoms with Crippen LogP contribution >= 0.6 is 11.3 Å². The molecule has 0 aliphatic heterocycles. The fraction of sp³-hybridized carbons (Fsp3) is 0.100. The number of hydrogen-bond acceptors (Lipinski definition) is 8. The van der Waals surface area contributed by atoms with Gasteiger partial charge in [0.15, 0.2) is 11.2 Å². The Hall–Kier alpha value is -4.10. The lowest BCUT2D eigenvalue weighted by atomic mass is 10.1. The number of nitrogens with zero attached hydrogens (tertiary/aromatic N) is 3. The summed E-state index contributed by atoms with van der Waals surface area (Å²) >= 11 is 1.14. The van der Waals surface area contributed by atoms with E-state index in [0.29, 0.717) is 16.8 Å². The number of aromatic nitrogens is 1. The fourth-order valence-electron chi connectivity index (χ4n) is 2.41. The van der Waals surface area contributed by atoms with Crippen LogP contribution in [0.4, 0.5) is 10.8 Å². The molecule has 0 aliphatic rings. The van der Waals surface area contributed by atoms with Crippen LogP contribution in [0.25, 0.3) is 11.3 Å². The van der Waals surface area contributed by atoms with E-state index in [2.05, 4.69) is 10.3 Å². The Labute approximate surface area is 174 Å². The number of rotatable bonds is 6. The normalized spacial score (nSPS) is 11.2. The zero-order valence-corrected chi connectivity index (χ0v) is 16.4. The lowest BCUT2D eigenvalue weighted by Crippen LogP contribution is -2.29. The highest BCUT2D eigenvalue weighted by Gasteiger charge is 2.20. The third-order valence-corrected chi connectivity index (χ3v) is 4.75. The molecular formula is C20H14N4O5S.